The van der Waals surface area contributed by atoms with Gasteiger partial charge in [0.1, 0.15) is 0 Å². The fourth-order valence-corrected chi connectivity index (χ4v) is 3.28. The Kier molecular flexibility index (Phi) is 3.65. The molecule has 1 fully saturated rings. The van der Waals surface area contributed by atoms with Gasteiger partial charge in [0, 0.05) is 12.3 Å². The molecule has 5 nitrogen and oxygen atoms in total. The lowest BCUT2D eigenvalue weighted by molar-refractivity contribution is 0.334. The van der Waals surface area contributed by atoms with Crippen LogP contribution in [0, 0.1) is 18.6 Å². The molecule has 22 heavy (non-hydrogen) atoms. The van der Waals surface area contributed by atoms with Crippen LogP contribution in [0.4, 0.5) is 11.6 Å². The number of pyridine rings is 1. The van der Waals surface area contributed by atoms with Gasteiger partial charge in [0.15, 0.2) is 0 Å². The van der Waals surface area contributed by atoms with E-state index in [0.717, 1.165) is 6.42 Å². The monoisotopic (exact) mass is 291 g/mol. The van der Waals surface area contributed by atoms with Crippen LogP contribution >= 0.6 is 0 Å². The van der Waals surface area contributed by atoms with Gasteiger partial charge in [-0.25, -0.2) is 9.55 Å². The van der Waals surface area contributed by atoms with Gasteiger partial charge in [-0.1, -0.05) is 37.9 Å². The third kappa shape index (κ3) is 2.58. The Morgan fingerprint density at radius 1 is 1.23 bits per heavy atom. The average molecular weight is 291 g/mol. The van der Waals surface area contributed by atoms with Gasteiger partial charge in [0.05, 0.1) is 0 Å². The summed E-state index contributed by atoms with van der Waals surface area (Å²) in [6.07, 6.45) is 9.47. The standard InChI is InChI=1S/C17H17N5/c1-17(7-4-5-8-17)11-13-6-9-20-14(10-13)22-12-21-15(18-2)16(22)19-3/h6,9-10,12H,4-5,7-8,11H2,1H3. The minimum absolute atomic E-state index is 0.130. The summed E-state index contributed by atoms with van der Waals surface area (Å²) in [7, 11) is 0. The van der Waals surface area contributed by atoms with Crippen LogP contribution in [0.2, 0.25) is 0 Å². The zero-order chi connectivity index (χ0) is 15.6. The highest BCUT2D eigenvalue weighted by Crippen LogP contribution is 2.40. The maximum Gasteiger partial charge on any atom is 0.293 e. The molecule has 0 bridgehead atoms. The van der Waals surface area contributed by atoms with Crippen LogP contribution in [0.3, 0.4) is 0 Å². The van der Waals surface area contributed by atoms with Crippen molar-refractivity contribution in [2.75, 3.05) is 0 Å². The summed E-state index contributed by atoms with van der Waals surface area (Å²) in [5.74, 6) is 1.02. The molecule has 1 aliphatic rings. The van der Waals surface area contributed by atoms with E-state index in [9.17, 15) is 0 Å². The van der Waals surface area contributed by atoms with Crippen molar-refractivity contribution in [3.05, 3.63) is 53.1 Å². The normalized spacial score (nSPS) is 16.1. The number of aromatic nitrogens is 3. The largest absolute Gasteiger partial charge is 0.373 e. The molecule has 0 N–H and O–H groups in total. The predicted octanol–water partition coefficient (Wildman–Crippen LogP) is 4.49. The Morgan fingerprint density at radius 3 is 2.68 bits per heavy atom. The fraction of sp³-hybridized carbons (Fsp3) is 0.412. The highest BCUT2D eigenvalue weighted by atomic mass is 15.2. The topological polar surface area (TPSA) is 39.4 Å². The molecular weight excluding hydrogens is 274 g/mol. The summed E-state index contributed by atoms with van der Waals surface area (Å²) in [6, 6.07) is 4.05. The summed E-state index contributed by atoms with van der Waals surface area (Å²) < 4.78 is 1.60. The first-order chi connectivity index (χ1) is 10.6. The third-order valence-corrected chi connectivity index (χ3v) is 4.43. The van der Waals surface area contributed by atoms with Crippen molar-refractivity contribution in [3.63, 3.8) is 0 Å². The van der Waals surface area contributed by atoms with Crippen molar-refractivity contribution in [2.45, 2.75) is 39.0 Å². The molecule has 0 atom stereocenters. The van der Waals surface area contributed by atoms with Crippen molar-refractivity contribution in [3.8, 4) is 5.82 Å². The van der Waals surface area contributed by atoms with Gasteiger partial charge in [-0.15, -0.1) is 0 Å². The quantitative estimate of drug-likeness (QED) is 0.781. The molecular formula is C17H17N5. The van der Waals surface area contributed by atoms with Crippen molar-refractivity contribution in [1.82, 2.24) is 14.5 Å². The maximum absolute atomic E-state index is 7.25. The van der Waals surface area contributed by atoms with Gasteiger partial charge in [-0.05, 0) is 36.3 Å². The summed E-state index contributed by atoms with van der Waals surface area (Å²) >= 11 is 0. The number of imidazole rings is 1. The Balaban J connectivity index is 1.94. The SMILES string of the molecule is [C-]#[N+]c1ncn(-c2cc(CC3(C)CCCC3)ccn2)c1[N+]#[C-]. The van der Waals surface area contributed by atoms with E-state index in [4.69, 9.17) is 13.1 Å². The average Bonchev–Trinajstić information content (AvgIpc) is 3.13. The first-order valence-corrected chi connectivity index (χ1v) is 7.43. The van der Waals surface area contributed by atoms with E-state index < -0.39 is 0 Å². The highest BCUT2D eigenvalue weighted by molar-refractivity contribution is 5.64. The molecule has 2 aromatic rings. The Hall–Kier alpha value is -2.66. The lowest BCUT2D eigenvalue weighted by Gasteiger charge is -2.23. The van der Waals surface area contributed by atoms with Crippen LogP contribution < -0.4 is 0 Å². The van der Waals surface area contributed by atoms with E-state index in [-0.39, 0.29) is 11.6 Å². The van der Waals surface area contributed by atoms with Crippen molar-refractivity contribution in [2.24, 2.45) is 5.41 Å². The molecule has 0 aliphatic heterocycles. The van der Waals surface area contributed by atoms with Gasteiger partial charge < -0.3 is 9.69 Å². The minimum Gasteiger partial charge on any atom is -0.373 e. The van der Waals surface area contributed by atoms with Gasteiger partial charge in [-0.2, -0.15) is 0 Å². The van der Waals surface area contributed by atoms with Crippen LogP contribution in [-0.4, -0.2) is 14.5 Å². The van der Waals surface area contributed by atoms with Crippen LogP contribution in [-0.2, 0) is 6.42 Å². The first-order valence-electron chi connectivity index (χ1n) is 7.43. The number of hydrogen-bond acceptors (Lipinski definition) is 2. The highest BCUT2D eigenvalue weighted by Gasteiger charge is 2.29. The second-order valence-electron chi connectivity index (χ2n) is 6.20. The molecule has 2 heterocycles. The molecule has 0 saturated heterocycles. The molecule has 0 aromatic carbocycles. The minimum atomic E-state index is 0.130. The molecule has 2 aromatic heterocycles. The Morgan fingerprint density at radius 2 is 2.00 bits per heavy atom. The third-order valence-electron chi connectivity index (χ3n) is 4.43. The van der Waals surface area contributed by atoms with Gasteiger partial charge in [0.25, 0.3) is 18.0 Å². The molecule has 1 aliphatic carbocycles. The van der Waals surface area contributed by atoms with Crippen LogP contribution in [0.15, 0.2) is 24.7 Å². The lowest BCUT2D eigenvalue weighted by Crippen LogP contribution is -2.14. The van der Waals surface area contributed by atoms with Gasteiger partial charge >= 0.3 is 0 Å². The van der Waals surface area contributed by atoms with Crippen LogP contribution in [0.5, 0.6) is 0 Å². The second kappa shape index (κ2) is 5.61. The number of rotatable bonds is 3. The van der Waals surface area contributed by atoms with E-state index in [1.807, 2.05) is 12.1 Å². The zero-order valence-corrected chi connectivity index (χ0v) is 12.6. The van der Waals surface area contributed by atoms with Gasteiger partial charge in [-0.3, -0.25) is 0 Å². The summed E-state index contributed by atoms with van der Waals surface area (Å²) in [5.41, 5.74) is 1.60. The summed E-state index contributed by atoms with van der Waals surface area (Å²) in [5, 5.41) is 0. The number of hydrogen-bond donors (Lipinski definition) is 0. The Bertz CT molecular complexity index is 769. The smallest absolute Gasteiger partial charge is 0.293 e. The van der Waals surface area contributed by atoms with Crippen molar-refractivity contribution < 1.29 is 0 Å². The lowest BCUT2D eigenvalue weighted by atomic mass is 9.82. The number of nitrogens with zero attached hydrogens (tertiary/aromatic N) is 5. The van der Waals surface area contributed by atoms with Gasteiger partial charge in [0.2, 0.25) is 5.82 Å². The maximum atomic E-state index is 7.25. The molecule has 5 heteroatoms. The fourth-order valence-electron chi connectivity index (χ4n) is 3.28. The molecule has 0 spiro atoms. The van der Waals surface area contributed by atoms with Crippen LogP contribution in [0.1, 0.15) is 38.2 Å². The predicted molar refractivity (Wildman–Crippen MR) is 84.2 cm³/mol. The molecule has 0 radical (unpaired) electrons. The molecule has 110 valence electrons. The Labute approximate surface area is 130 Å². The molecule has 3 rings (SSSR count). The summed E-state index contributed by atoms with van der Waals surface area (Å²) in [4.78, 5) is 15.0. The van der Waals surface area contributed by atoms with Crippen LogP contribution in [0.25, 0.3) is 15.5 Å². The van der Waals surface area contributed by atoms with E-state index in [1.54, 1.807) is 10.8 Å². The summed E-state index contributed by atoms with van der Waals surface area (Å²) in [6.45, 7) is 16.7. The second-order valence-corrected chi connectivity index (χ2v) is 6.20. The van der Waals surface area contributed by atoms with E-state index in [1.165, 1.54) is 37.6 Å². The van der Waals surface area contributed by atoms with E-state index in [0.29, 0.717) is 11.2 Å². The van der Waals surface area contributed by atoms with E-state index >= 15 is 0 Å². The molecule has 0 amide bonds. The van der Waals surface area contributed by atoms with Crippen molar-refractivity contribution in [1.29, 1.82) is 0 Å². The van der Waals surface area contributed by atoms with E-state index in [2.05, 4.69) is 26.6 Å². The van der Waals surface area contributed by atoms with Crippen molar-refractivity contribution >= 4 is 11.6 Å². The first kappa shape index (κ1) is 14.3. The molecule has 0 unspecified atom stereocenters. The molecule has 1 saturated carbocycles. The zero-order valence-electron chi connectivity index (χ0n) is 12.6.